The lowest BCUT2D eigenvalue weighted by Gasteiger charge is -2.16. The number of aliphatic hydroxyl groups excluding tert-OH is 2. The summed E-state index contributed by atoms with van der Waals surface area (Å²) < 4.78 is 6.36. The molecule has 0 spiro atoms. The molecule has 0 unspecified atom stereocenters. The van der Waals surface area contributed by atoms with E-state index in [9.17, 15) is 15.0 Å². The van der Waals surface area contributed by atoms with Crippen molar-refractivity contribution < 1.29 is 14.9 Å². The van der Waals surface area contributed by atoms with E-state index >= 15 is 0 Å². The molecule has 1 aliphatic rings. The number of aromatic nitrogens is 2. The van der Waals surface area contributed by atoms with E-state index in [0.717, 1.165) is 4.57 Å². The molecule has 17 heavy (non-hydrogen) atoms. The first-order valence-electron chi connectivity index (χ1n) is 4.97. The molecule has 0 bridgehead atoms. The van der Waals surface area contributed by atoms with E-state index in [4.69, 9.17) is 22.1 Å². The fraction of sp³-hybridized carbons (Fsp3) is 0.556. The molecular formula is C9H12ClN3O4. The van der Waals surface area contributed by atoms with Crippen molar-refractivity contribution in [1.29, 1.82) is 0 Å². The van der Waals surface area contributed by atoms with Gasteiger partial charge in [-0.15, -0.1) is 11.6 Å². The monoisotopic (exact) mass is 261 g/mol. The fourth-order valence-electron chi connectivity index (χ4n) is 1.71. The van der Waals surface area contributed by atoms with Gasteiger partial charge in [0.15, 0.2) is 6.23 Å². The normalized spacial score (nSPS) is 32.9. The van der Waals surface area contributed by atoms with Gasteiger partial charge in [-0.2, -0.15) is 4.98 Å². The summed E-state index contributed by atoms with van der Waals surface area (Å²) in [5.41, 5.74) is 4.69. The van der Waals surface area contributed by atoms with Gasteiger partial charge in [0.25, 0.3) is 0 Å². The fourth-order valence-corrected chi connectivity index (χ4v) is 1.96. The van der Waals surface area contributed by atoms with Gasteiger partial charge < -0.3 is 20.7 Å². The van der Waals surface area contributed by atoms with Gasteiger partial charge >= 0.3 is 5.69 Å². The molecule has 0 radical (unpaired) electrons. The second kappa shape index (κ2) is 4.61. The van der Waals surface area contributed by atoms with Crippen molar-refractivity contribution in [3.05, 3.63) is 22.7 Å². The maximum absolute atomic E-state index is 11.5. The average molecular weight is 262 g/mol. The highest BCUT2D eigenvalue weighted by atomic mass is 35.5. The Balaban J connectivity index is 2.32. The van der Waals surface area contributed by atoms with Crippen molar-refractivity contribution >= 4 is 17.4 Å². The largest absolute Gasteiger partial charge is 0.387 e. The van der Waals surface area contributed by atoms with E-state index in [1.807, 2.05) is 0 Å². The van der Waals surface area contributed by atoms with Crippen molar-refractivity contribution in [2.75, 3.05) is 11.6 Å². The third-order valence-corrected chi connectivity index (χ3v) is 2.92. The molecule has 7 nitrogen and oxygen atoms in total. The molecule has 1 aromatic rings. The van der Waals surface area contributed by atoms with E-state index < -0.39 is 30.2 Å². The van der Waals surface area contributed by atoms with Crippen LogP contribution in [0.3, 0.4) is 0 Å². The van der Waals surface area contributed by atoms with Gasteiger partial charge in [-0.1, -0.05) is 0 Å². The summed E-state index contributed by atoms with van der Waals surface area (Å²) in [4.78, 5) is 15.0. The van der Waals surface area contributed by atoms with E-state index in [-0.39, 0.29) is 11.7 Å². The summed E-state index contributed by atoms with van der Waals surface area (Å²) in [6, 6.07) is 1.40. The minimum absolute atomic E-state index is 0.0197. The number of hydrogen-bond donors (Lipinski definition) is 3. The van der Waals surface area contributed by atoms with E-state index in [1.165, 1.54) is 12.3 Å². The Hall–Kier alpha value is -1.15. The Morgan fingerprint density at radius 2 is 2.24 bits per heavy atom. The van der Waals surface area contributed by atoms with Crippen LogP contribution in [0.4, 0.5) is 5.82 Å². The number of hydrogen-bond acceptors (Lipinski definition) is 6. The van der Waals surface area contributed by atoms with Crippen LogP contribution >= 0.6 is 11.6 Å². The molecule has 2 heterocycles. The number of nitrogens with two attached hydrogens (primary N) is 1. The van der Waals surface area contributed by atoms with Crippen LogP contribution in [0.15, 0.2) is 17.1 Å². The second-order valence-electron chi connectivity index (χ2n) is 3.74. The maximum Gasteiger partial charge on any atom is 0.351 e. The number of aliphatic hydroxyl groups is 2. The minimum atomic E-state index is -1.23. The Morgan fingerprint density at radius 1 is 1.53 bits per heavy atom. The lowest BCUT2D eigenvalue weighted by atomic mass is 10.1. The number of nitrogens with zero attached hydrogens (tertiary/aromatic N) is 2. The van der Waals surface area contributed by atoms with Crippen molar-refractivity contribution in [1.82, 2.24) is 9.55 Å². The number of anilines is 1. The molecule has 0 saturated carbocycles. The lowest BCUT2D eigenvalue weighted by Crippen LogP contribution is -2.35. The van der Waals surface area contributed by atoms with Gasteiger partial charge in [-0.05, 0) is 6.07 Å². The summed E-state index contributed by atoms with van der Waals surface area (Å²) in [6.07, 6.45) is -2.75. The zero-order valence-corrected chi connectivity index (χ0v) is 9.49. The first-order chi connectivity index (χ1) is 8.04. The molecule has 1 aromatic heterocycles. The summed E-state index contributed by atoms with van der Waals surface area (Å²) in [5.74, 6) is 0.0967. The third-order valence-electron chi connectivity index (χ3n) is 2.61. The van der Waals surface area contributed by atoms with Crippen LogP contribution in [-0.4, -0.2) is 44.0 Å². The molecule has 0 aliphatic carbocycles. The summed E-state index contributed by atoms with van der Waals surface area (Å²) >= 11 is 5.57. The van der Waals surface area contributed by atoms with Crippen molar-refractivity contribution in [3.63, 3.8) is 0 Å². The van der Waals surface area contributed by atoms with Crippen molar-refractivity contribution in [2.24, 2.45) is 0 Å². The lowest BCUT2D eigenvalue weighted by molar-refractivity contribution is -0.0342. The van der Waals surface area contributed by atoms with Crippen LogP contribution in [-0.2, 0) is 4.74 Å². The molecule has 0 aromatic carbocycles. The highest BCUT2D eigenvalue weighted by molar-refractivity contribution is 6.18. The van der Waals surface area contributed by atoms with Gasteiger partial charge in [0, 0.05) is 6.20 Å². The van der Waals surface area contributed by atoms with Crippen molar-refractivity contribution in [3.8, 4) is 0 Å². The molecule has 1 saturated heterocycles. The van der Waals surface area contributed by atoms with E-state index in [1.54, 1.807) is 0 Å². The third kappa shape index (κ3) is 2.14. The van der Waals surface area contributed by atoms with Crippen LogP contribution in [0.2, 0.25) is 0 Å². The van der Waals surface area contributed by atoms with Gasteiger partial charge in [-0.25, -0.2) is 4.79 Å². The predicted octanol–water partition coefficient (Wildman–Crippen LogP) is -1.32. The van der Waals surface area contributed by atoms with Crippen LogP contribution in [0, 0.1) is 0 Å². The molecule has 4 atom stereocenters. The summed E-state index contributed by atoms with van der Waals surface area (Å²) in [6.45, 7) is 0. The molecule has 8 heteroatoms. The molecule has 0 amide bonds. The molecule has 1 aliphatic heterocycles. The Kier molecular flexibility index (Phi) is 3.34. The molecular weight excluding hydrogens is 250 g/mol. The smallest absolute Gasteiger partial charge is 0.351 e. The van der Waals surface area contributed by atoms with Crippen LogP contribution in [0.5, 0.6) is 0 Å². The Labute approximate surface area is 101 Å². The number of alkyl halides is 1. The Morgan fingerprint density at radius 3 is 2.76 bits per heavy atom. The number of rotatable bonds is 2. The molecule has 1 fully saturated rings. The van der Waals surface area contributed by atoms with E-state index in [0.29, 0.717) is 0 Å². The molecule has 4 N–H and O–H groups in total. The highest BCUT2D eigenvalue weighted by Gasteiger charge is 2.43. The zero-order valence-electron chi connectivity index (χ0n) is 8.73. The number of halogens is 1. The first-order valence-corrected chi connectivity index (χ1v) is 5.50. The summed E-state index contributed by atoms with van der Waals surface area (Å²) in [5, 5.41) is 19.4. The van der Waals surface area contributed by atoms with Gasteiger partial charge in [0.1, 0.15) is 24.1 Å². The summed E-state index contributed by atoms with van der Waals surface area (Å²) in [7, 11) is 0. The topological polar surface area (TPSA) is 111 Å². The molecule has 94 valence electrons. The van der Waals surface area contributed by atoms with Gasteiger partial charge in [-0.3, -0.25) is 4.57 Å². The number of nitrogen functional groups attached to an aromatic ring is 1. The average Bonchev–Trinajstić information content (AvgIpc) is 2.57. The Bertz CT molecular complexity index is 466. The highest BCUT2D eigenvalue weighted by Crippen LogP contribution is 2.28. The maximum atomic E-state index is 11.5. The van der Waals surface area contributed by atoms with E-state index in [2.05, 4.69) is 4.98 Å². The van der Waals surface area contributed by atoms with Crippen LogP contribution < -0.4 is 11.4 Å². The zero-order chi connectivity index (χ0) is 12.6. The van der Waals surface area contributed by atoms with Gasteiger partial charge in [0.05, 0.1) is 5.88 Å². The predicted molar refractivity (Wildman–Crippen MR) is 59.6 cm³/mol. The van der Waals surface area contributed by atoms with Crippen molar-refractivity contribution in [2.45, 2.75) is 24.5 Å². The molecule has 2 rings (SSSR count). The standard InChI is InChI=1S/C9H12ClN3O4/c10-3-4-6(14)7(15)8(17-4)13-2-1-5(11)12-9(13)16/h1-2,4,6-8,14-15H,3H2,(H2,11,12,16)/t4-,6-,7-,8-/m0/s1. The quantitative estimate of drug-likeness (QED) is 0.570. The van der Waals surface area contributed by atoms with Crippen LogP contribution in [0.25, 0.3) is 0 Å². The first kappa shape index (κ1) is 12.3. The number of ether oxygens (including phenoxy) is 1. The minimum Gasteiger partial charge on any atom is -0.387 e. The SMILES string of the molecule is Nc1ccn([C@H]2O[C@@H](CCl)[C@H](O)[C@@H]2O)c(=O)n1. The second-order valence-corrected chi connectivity index (χ2v) is 4.05. The van der Waals surface area contributed by atoms with Gasteiger partial charge in [0.2, 0.25) is 0 Å². The van der Waals surface area contributed by atoms with Crippen LogP contribution in [0.1, 0.15) is 6.23 Å².